The summed E-state index contributed by atoms with van der Waals surface area (Å²) in [4.78, 5) is 34.0. The Morgan fingerprint density at radius 3 is 3.00 bits per heavy atom. The van der Waals surface area contributed by atoms with Crippen molar-refractivity contribution in [2.24, 2.45) is 5.92 Å². The van der Waals surface area contributed by atoms with Gasteiger partial charge in [-0.15, -0.1) is 0 Å². The molecule has 2 saturated heterocycles. The Morgan fingerprint density at radius 1 is 1.57 bits per heavy atom. The van der Waals surface area contributed by atoms with Gasteiger partial charge in [-0.25, -0.2) is 4.98 Å². The van der Waals surface area contributed by atoms with Crippen molar-refractivity contribution < 1.29 is 9.53 Å². The SMILES string of the molecule is COC[C@H]1CN(C)C2(C1)CN(C(=O)c1cc(=O)[nH]cn1)C2. The lowest BCUT2D eigenvalue weighted by atomic mass is 9.84. The first kappa shape index (κ1) is 14.2. The van der Waals surface area contributed by atoms with Gasteiger partial charge in [0, 0.05) is 32.8 Å². The van der Waals surface area contributed by atoms with Gasteiger partial charge in [-0.1, -0.05) is 0 Å². The highest BCUT2D eigenvalue weighted by Crippen LogP contribution is 2.39. The molecule has 0 aliphatic carbocycles. The maximum absolute atomic E-state index is 12.3. The molecule has 0 bridgehead atoms. The molecule has 3 rings (SSSR count). The first-order chi connectivity index (χ1) is 10.0. The van der Waals surface area contributed by atoms with Gasteiger partial charge < -0.3 is 14.6 Å². The lowest BCUT2D eigenvalue weighted by Crippen LogP contribution is -2.68. The Bertz CT molecular complexity index is 594. The second-order valence-electron chi connectivity index (χ2n) is 6.09. The third-order valence-electron chi connectivity index (χ3n) is 4.57. The predicted octanol–water partition coefficient (Wildman–Crippen LogP) is -0.437. The molecule has 1 N–H and O–H groups in total. The molecule has 1 amide bonds. The van der Waals surface area contributed by atoms with Crippen molar-refractivity contribution in [1.29, 1.82) is 0 Å². The summed E-state index contributed by atoms with van der Waals surface area (Å²) in [5.41, 5.74) is -0.0236. The van der Waals surface area contributed by atoms with Gasteiger partial charge in [-0.2, -0.15) is 0 Å². The molecule has 3 heterocycles. The first-order valence-electron chi connectivity index (χ1n) is 7.08. The van der Waals surface area contributed by atoms with Crippen LogP contribution in [0.5, 0.6) is 0 Å². The quantitative estimate of drug-likeness (QED) is 0.817. The number of likely N-dealkylation sites (N-methyl/N-ethyl adjacent to an activating group) is 1. The van der Waals surface area contributed by atoms with Crippen LogP contribution in [-0.2, 0) is 4.74 Å². The van der Waals surface area contributed by atoms with Crippen LogP contribution in [0, 0.1) is 5.92 Å². The summed E-state index contributed by atoms with van der Waals surface area (Å²) in [5, 5.41) is 0. The largest absolute Gasteiger partial charge is 0.384 e. The summed E-state index contributed by atoms with van der Waals surface area (Å²) in [7, 11) is 3.82. The van der Waals surface area contributed by atoms with Crippen LogP contribution in [0.25, 0.3) is 0 Å². The normalized spacial score (nSPS) is 24.3. The average molecular weight is 292 g/mol. The van der Waals surface area contributed by atoms with Gasteiger partial charge in [-0.05, 0) is 19.4 Å². The summed E-state index contributed by atoms with van der Waals surface area (Å²) in [6, 6.07) is 1.25. The van der Waals surface area contributed by atoms with Crippen molar-refractivity contribution >= 4 is 5.91 Å². The molecular formula is C14H20N4O3. The molecule has 1 aromatic heterocycles. The van der Waals surface area contributed by atoms with Crippen molar-refractivity contribution in [2.75, 3.05) is 40.4 Å². The number of likely N-dealkylation sites (tertiary alicyclic amines) is 2. The number of aromatic amines is 1. The van der Waals surface area contributed by atoms with E-state index in [4.69, 9.17) is 4.74 Å². The van der Waals surface area contributed by atoms with Gasteiger partial charge in [0.2, 0.25) is 0 Å². The Kier molecular flexibility index (Phi) is 3.54. The van der Waals surface area contributed by atoms with E-state index in [1.807, 2.05) is 0 Å². The maximum atomic E-state index is 12.3. The fourth-order valence-electron chi connectivity index (χ4n) is 3.51. The minimum Gasteiger partial charge on any atom is -0.384 e. The van der Waals surface area contributed by atoms with Crippen molar-refractivity contribution in [2.45, 2.75) is 12.0 Å². The number of nitrogens with zero attached hydrogens (tertiary/aromatic N) is 3. The van der Waals surface area contributed by atoms with Gasteiger partial charge in [0.1, 0.15) is 5.69 Å². The molecule has 2 aliphatic rings. The lowest BCUT2D eigenvalue weighted by molar-refractivity contribution is -0.00822. The average Bonchev–Trinajstić information content (AvgIpc) is 2.73. The first-order valence-corrected chi connectivity index (χ1v) is 7.08. The van der Waals surface area contributed by atoms with Crippen molar-refractivity contribution in [1.82, 2.24) is 19.8 Å². The zero-order chi connectivity index (χ0) is 15.0. The number of hydrogen-bond acceptors (Lipinski definition) is 5. The molecular weight excluding hydrogens is 272 g/mol. The molecule has 7 heteroatoms. The number of carbonyl (C=O) groups is 1. The molecule has 2 aliphatic heterocycles. The standard InChI is InChI=1S/C14H20N4O3/c1-17-5-10(6-21-2)4-14(17)7-18(8-14)13(20)11-3-12(19)16-9-15-11/h3,9-10H,4-8H2,1-2H3,(H,15,16,19)/t10-/m1/s1. The van der Waals surface area contributed by atoms with E-state index in [0.29, 0.717) is 19.0 Å². The van der Waals surface area contributed by atoms with Gasteiger partial charge in [-0.3, -0.25) is 14.5 Å². The second kappa shape index (κ2) is 5.23. The van der Waals surface area contributed by atoms with Crippen LogP contribution in [0.15, 0.2) is 17.2 Å². The number of aromatic nitrogens is 2. The fourth-order valence-corrected chi connectivity index (χ4v) is 3.51. The van der Waals surface area contributed by atoms with Crippen LogP contribution < -0.4 is 5.56 Å². The van der Waals surface area contributed by atoms with Gasteiger partial charge in [0.05, 0.1) is 18.5 Å². The molecule has 0 radical (unpaired) electrons. The molecule has 2 fully saturated rings. The summed E-state index contributed by atoms with van der Waals surface area (Å²) in [6.45, 7) is 3.14. The Balaban J connectivity index is 1.65. The Morgan fingerprint density at radius 2 is 2.33 bits per heavy atom. The molecule has 114 valence electrons. The molecule has 0 saturated carbocycles. The summed E-state index contributed by atoms with van der Waals surface area (Å²) in [6.07, 6.45) is 2.31. The highest BCUT2D eigenvalue weighted by atomic mass is 16.5. The van der Waals surface area contributed by atoms with E-state index in [1.54, 1.807) is 12.0 Å². The van der Waals surface area contributed by atoms with Crippen LogP contribution >= 0.6 is 0 Å². The number of carbonyl (C=O) groups excluding carboxylic acids is 1. The van der Waals surface area contributed by atoms with Crippen LogP contribution in [0.4, 0.5) is 0 Å². The number of ether oxygens (including phenoxy) is 1. The highest BCUT2D eigenvalue weighted by molar-refractivity contribution is 5.93. The van der Waals surface area contributed by atoms with Crippen molar-refractivity contribution in [3.63, 3.8) is 0 Å². The number of amides is 1. The molecule has 1 atom stereocenters. The van der Waals surface area contributed by atoms with Gasteiger partial charge >= 0.3 is 0 Å². The minimum absolute atomic E-state index is 0.0695. The van der Waals surface area contributed by atoms with E-state index >= 15 is 0 Å². The molecule has 0 aromatic carbocycles. The summed E-state index contributed by atoms with van der Waals surface area (Å²) >= 11 is 0. The van der Waals surface area contributed by atoms with Crippen LogP contribution in [0.1, 0.15) is 16.9 Å². The number of H-pyrrole nitrogens is 1. The van der Waals surface area contributed by atoms with E-state index in [1.165, 1.54) is 12.4 Å². The number of methoxy groups -OCH3 is 1. The Labute approximate surface area is 122 Å². The van der Waals surface area contributed by atoms with E-state index in [-0.39, 0.29) is 22.7 Å². The molecule has 1 spiro atoms. The van der Waals surface area contributed by atoms with Crippen molar-refractivity contribution in [3.05, 3.63) is 28.4 Å². The van der Waals surface area contributed by atoms with Crippen molar-refractivity contribution in [3.8, 4) is 0 Å². The van der Waals surface area contributed by atoms with Gasteiger partial charge in [0.15, 0.2) is 0 Å². The smallest absolute Gasteiger partial charge is 0.272 e. The topological polar surface area (TPSA) is 78.5 Å². The fraction of sp³-hybridized carbons (Fsp3) is 0.643. The minimum atomic E-state index is -0.304. The Hall–Kier alpha value is -1.73. The second-order valence-corrected chi connectivity index (χ2v) is 6.09. The zero-order valence-corrected chi connectivity index (χ0v) is 12.3. The zero-order valence-electron chi connectivity index (χ0n) is 12.3. The van der Waals surface area contributed by atoms with Crippen LogP contribution in [0.3, 0.4) is 0 Å². The van der Waals surface area contributed by atoms with E-state index in [2.05, 4.69) is 21.9 Å². The monoisotopic (exact) mass is 292 g/mol. The van der Waals surface area contributed by atoms with E-state index in [9.17, 15) is 9.59 Å². The van der Waals surface area contributed by atoms with E-state index < -0.39 is 0 Å². The third kappa shape index (κ3) is 2.47. The molecule has 0 unspecified atom stereocenters. The predicted molar refractivity (Wildman–Crippen MR) is 76.1 cm³/mol. The summed E-state index contributed by atoms with van der Waals surface area (Å²) < 4.78 is 5.24. The van der Waals surface area contributed by atoms with E-state index in [0.717, 1.165) is 19.6 Å². The number of nitrogens with one attached hydrogen (secondary N) is 1. The lowest BCUT2D eigenvalue weighted by Gasteiger charge is -2.51. The van der Waals surface area contributed by atoms with Crippen LogP contribution in [-0.4, -0.2) is 71.6 Å². The highest BCUT2D eigenvalue weighted by Gasteiger charge is 2.53. The number of hydrogen-bond donors (Lipinski definition) is 1. The number of rotatable bonds is 3. The summed E-state index contributed by atoms with van der Waals surface area (Å²) in [5.74, 6) is 0.352. The molecule has 7 nitrogen and oxygen atoms in total. The maximum Gasteiger partial charge on any atom is 0.272 e. The van der Waals surface area contributed by atoms with Gasteiger partial charge in [0.25, 0.3) is 11.5 Å². The molecule has 1 aromatic rings. The van der Waals surface area contributed by atoms with Crippen LogP contribution in [0.2, 0.25) is 0 Å². The third-order valence-corrected chi connectivity index (χ3v) is 4.57. The molecule has 21 heavy (non-hydrogen) atoms.